The lowest BCUT2D eigenvalue weighted by atomic mass is 9.99. The van der Waals surface area contributed by atoms with Gasteiger partial charge in [-0.15, -0.1) is 11.8 Å². The molecule has 1 aliphatic heterocycles. The van der Waals surface area contributed by atoms with E-state index in [-0.39, 0.29) is 6.04 Å². The van der Waals surface area contributed by atoms with Crippen LogP contribution in [0.4, 0.5) is 0 Å². The van der Waals surface area contributed by atoms with Crippen molar-refractivity contribution in [3.8, 4) is 0 Å². The molecule has 110 valence electrons. The van der Waals surface area contributed by atoms with Crippen molar-refractivity contribution < 1.29 is 0 Å². The van der Waals surface area contributed by atoms with Crippen molar-refractivity contribution in [2.75, 3.05) is 0 Å². The normalized spacial score (nSPS) is 18.5. The number of halogens is 2. The highest BCUT2D eigenvalue weighted by atomic mass is 35.5. The maximum absolute atomic E-state index is 6.08. The van der Waals surface area contributed by atoms with Crippen LogP contribution in [0, 0.1) is 0 Å². The smallest absolute Gasteiger partial charge is 0.0595 e. The Morgan fingerprint density at radius 1 is 1.19 bits per heavy atom. The lowest BCUT2D eigenvalue weighted by Gasteiger charge is -2.22. The average Bonchev–Trinajstić information content (AvgIpc) is 2.92. The molecule has 0 amide bonds. The van der Waals surface area contributed by atoms with Gasteiger partial charge in [0.1, 0.15) is 0 Å². The Labute approximate surface area is 139 Å². The van der Waals surface area contributed by atoms with Crippen molar-refractivity contribution in [3.63, 3.8) is 0 Å². The van der Waals surface area contributed by atoms with Gasteiger partial charge >= 0.3 is 0 Å². The Kier molecular flexibility index (Phi) is 4.77. The fourth-order valence-electron chi connectivity index (χ4n) is 2.65. The molecule has 0 aromatic heterocycles. The highest BCUT2D eigenvalue weighted by Gasteiger charge is 2.28. The van der Waals surface area contributed by atoms with E-state index in [2.05, 4.69) is 29.7 Å². The first-order valence-corrected chi connectivity index (χ1v) is 8.45. The number of fused-ring (bicyclic) bond motifs is 1. The largest absolute Gasteiger partial charge is 0.271 e. The predicted octanol–water partition coefficient (Wildman–Crippen LogP) is 4.08. The van der Waals surface area contributed by atoms with E-state index in [1.807, 2.05) is 30.0 Å². The minimum Gasteiger partial charge on any atom is -0.271 e. The Morgan fingerprint density at radius 2 is 2.00 bits per heavy atom. The molecule has 2 unspecified atom stereocenters. The zero-order chi connectivity index (χ0) is 14.8. The summed E-state index contributed by atoms with van der Waals surface area (Å²) in [7, 11) is 0. The van der Waals surface area contributed by atoms with Crippen molar-refractivity contribution in [1.29, 1.82) is 0 Å². The third-order valence-corrected chi connectivity index (χ3v) is 5.96. The molecular formula is C16H16Cl2N2S. The van der Waals surface area contributed by atoms with Crippen LogP contribution in [-0.4, -0.2) is 11.3 Å². The minimum atomic E-state index is 0.194. The summed E-state index contributed by atoms with van der Waals surface area (Å²) in [6, 6.07) is 14.5. The third kappa shape index (κ3) is 3.38. The summed E-state index contributed by atoms with van der Waals surface area (Å²) in [6.07, 6.45) is 1.87. The molecule has 1 heterocycles. The lowest BCUT2D eigenvalue weighted by Crippen LogP contribution is -2.44. The number of hydrazine groups is 1. The second-order valence-corrected chi connectivity index (χ2v) is 7.29. The van der Waals surface area contributed by atoms with Crippen LogP contribution < -0.4 is 11.3 Å². The number of hydrogen-bond acceptors (Lipinski definition) is 3. The average molecular weight is 339 g/mol. The van der Waals surface area contributed by atoms with E-state index >= 15 is 0 Å². The van der Waals surface area contributed by atoms with Crippen LogP contribution in [0.3, 0.4) is 0 Å². The Hall–Kier alpha value is -0.710. The lowest BCUT2D eigenvalue weighted by molar-refractivity contribution is 0.506. The summed E-state index contributed by atoms with van der Waals surface area (Å²) in [5, 5.41) is 1.61. The molecule has 2 atom stereocenters. The summed E-state index contributed by atoms with van der Waals surface area (Å²) in [4.78, 5) is 1.36. The van der Waals surface area contributed by atoms with Gasteiger partial charge in [0.05, 0.1) is 10.0 Å². The maximum atomic E-state index is 6.08. The SMILES string of the molecule is NNC(Cc1ccc(Cl)c(Cl)c1)C1Cc2ccccc2S1. The minimum absolute atomic E-state index is 0.194. The summed E-state index contributed by atoms with van der Waals surface area (Å²) in [5.74, 6) is 5.78. The number of thioether (sulfide) groups is 1. The van der Waals surface area contributed by atoms with Crippen molar-refractivity contribution in [2.45, 2.75) is 29.0 Å². The Bertz CT molecular complexity index is 623. The summed E-state index contributed by atoms with van der Waals surface area (Å²) in [6.45, 7) is 0. The first kappa shape index (κ1) is 15.2. The molecule has 1 aliphatic rings. The third-order valence-electron chi connectivity index (χ3n) is 3.77. The molecule has 2 nitrogen and oxygen atoms in total. The highest BCUT2D eigenvalue weighted by Crippen LogP contribution is 2.39. The van der Waals surface area contributed by atoms with Crippen LogP contribution in [0.2, 0.25) is 10.0 Å². The number of hydrogen-bond donors (Lipinski definition) is 2. The number of nitrogens with one attached hydrogen (secondary N) is 1. The predicted molar refractivity (Wildman–Crippen MR) is 91.1 cm³/mol. The van der Waals surface area contributed by atoms with Gasteiger partial charge in [-0.25, -0.2) is 0 Å². The Morgan fingerprint density at radius 3 is 2.71 bits per heavy atom. The molecule has 0 bridgehead atoms. The van der Waals surface area contributed by atoms with Gasteiger partial charge in [-0.2, -0.15) is 0 Å². The highest BCUT2D eigenvalue weighted by molar-refractivity contribution is 8.00. The second-order valence-electron chi connectivity index (χ2n) is 5.19. The van der Waals surface area contributed by atoms with E-state index < -0.39 is 0 Å². The van der Waals surface area contributed by atoms with E-state index in [4.69, 9.17) is 29.0 Å². The van der Waals surface area contributed by atoms with Gasteiger partial charge in [0.15, 0.2) is 0 Å². The number of benzene rings is 2. The zero-order valence-electron chi connectivity index (χ0n) is 11.4. The number of nitrogens with two attached hydrogens (primary N) is 1. The molecule has 2 aromatic rings. The first-order chi connectivity index (χ1) is 10.2. The van der Waals surface area contributed by atoms with Crippen LogP contribution in [0.25, 0.3) is 0 Å². The fraction of sp³-hybridized carbons (Fsp3) is 0.250. The van der Waals surface area contributed by atoms with Crippen LogP contribution in [0.15, 0.2) is 47.4 Å². The van der Waals surface area contributed by atoms with Crippen molar-refractivity contribution in [2.24, 2.45) is 5.84 Å². The summed E-state index contributed by atoms with van der Waals surface area (Å²) in [5.41, 5.74) is 5.51. The second kappa shape index (κ2) is 6.59. The molecule has 21 heavy (non-hydrogen) atoms. The first-order valence-electron chi connectivity index (χ1n) is 6.82. The van der Waals surface area contributed by atoms with E-state index in [0.29, 0.717) is 15.3 Å². The molecule has 5 heteroatoms. The van der Waals surface area contributed by atoms with E-state index in [9.17, 15) is 0 Å². The van der Waals surface area contributed by atoms with Gasteiger partial charge in [0, 0.05) is 16.2 Å². The van der Waals surface area contributed by atoms with Gasteiger partial charge in [-0.05, 0) is 42.2 Å². The van der Waals surface area contributed by atoms with Crippen LogP contribution >= 0.6 is 35.0 Å². The monoisotopic (exact) mass is 338 g/mol. The standard InChI is InChI=1S/C16H16Cl2N2S/c17-12-6-5-10(7-13(12)18)8-14(20-19)16-9-11-3-1-2-4-15(11)21-16/h1-7,14,16,20H,8-9,19H2. The molecule has 0 aliphatic carbocycles. The summed E-state index contributed by atoms with van der Waals surface area (Å²) < 4.78 is 0. The maximum Gasteiger partial charge on any atom is 0.0595 e. The molecule has 0 saturated carbocycles. The van der Waals surface area contributed by atoms with Crippen molar-refractivity contribution >= 4 is 35.0 Å². The number of rotatable bonds is 4. The van der Waals surface area contributed by atoms with E-state index in [0.717, 1.165) is 18.4 Å². The van der Waals surface area contributed by atoms with Gasteiger partial charge in [-0.1, -0.05) is 47.5 Å². The van der Waals surface area contributed by atoms with Crippen LogP contribution in [0.5, 0.6) is 0 Å². The molecule has 0 saturated heterocycles. The topological polar surface area (TPSA) is 38.0 Å². The van der Waals surface area contributed by atoms with Crippen molar-refractivity contribution in [1.82, 2.24) is 5.43 Å². The summed E-state index contributed by atoms with van der Waals surface area (Å²) >= 11 is 13.9. The molecule has 0 fully saturated rings. The van der Waals surface area contributed by atoms with E-state index in [1.54, 1.807) is 0 Å². The van der Waals surface area contributed by atoms with Crippen molar-refractivity contribution in [3.05, 3.63) is 63.6 Å². The molecular weight excluding hydrogens is 323 g/mol. The molecule has 3 rings (SSSR count). The van der Waals surface area contributed by atoms with Gasteiger partial charge in [0.2, 0.25) is 0 Å². The molecule has 3 N–H and O–H groups in total. The fourth-order valence-corrected chi connectivity index (χ4v) is 4.36. The quantitative estimate of drug-likeness (QED) is 0.651. The van der Waals surface area contributed by atoms with Gasteiger partial charge in [0.25, 0.3) is 0 Å². The molecule has 2 aromatic carbocycles. The van der Waals surface area contributed by atoms with Gasteiger partial charge < -0.3 is 0 Å². The van der Waals surface area contributed by atoms with Crippen LogP contribution in [0.1, 0.15) is 11.1 Å². The molecule has 0 spiro atoms. The zero-order valence-corrected chi connectivity index (χ0v) is 13.7. The van der Waals surface area contributed by atoms with E-state index in [1.165, 1.54) is 10.5 Å². The van der Waals surface area contributed by atoms with Crippen LogP contribution in [-0.2, 0) is 12.8 Å². The van der Waals surface area contributed by atoms with Gasteiger partial charge in [-0.3, -0.25) is 11.3 Å². The molecule has 0 radical (unpaired) electrons. The Balaban J connectivity index is 1.73.